The van der Waals surface area contributed by atoms with E-state index in [0.29, 0.717) is 12.0 Å². The molecule has 2 atom stereocenters. The molecule has 2 rings (SSSR count). The van der Waals surface area contributed by atoms with E-state index in [1.165, 1.54) is 0 Å². The van der Waals surface area contributed by atoms with Crippen molar-refractivity contribution in [2.75, 3.05) is 6.54 Å². The number of carboxylic acids is 1. The average molecular weight is 472 g/mol. The lowest BCUT2D eigenvalue weighted by molar-refractivity contribution is -0.144. The summed E-state index contributed by atoms with van der Waals surface area (Å²) in [5.41, 5.74) is 0.274. The summed E-state index contributed by atoms with van der Waals surface area (Å²) in [5, 5.41) is 51.2. The van der Waals surface area contributed by atoms with Crippen molar-refractivity contribution in [2.24, 2.45) is 0 Å². The van der Waals surface area contributed by atoms with Gasteiger partial charge in [0.2, 0.25) is 5.91 Å². The summed E-state index contributed by atoms with van der Waals surface area (Å²) in [7, 11) is 0. The van der Waals surface area contributed by atoms with Crippen LogP contribution < -0.4 is 5.32 Å². The van der Waals surface area contributed by atoms with Crippen LogP contribution in [-0.4, -0.2) is 66.8 Å². The summed E-state index contributed by atoms with van der Waals surface area (Å²) >= 11 is 0. The minimum atomic E-state index is -1.49. The third-order valence-electron chi connectivity index (χ3n) is 5.11. The molecule has 0 aliphatic carbocycles. The molecule has 10 nitrogen and oxygen atoms in total. The van der Waals surface area contributed by atoms with Crippen LogP contribution in [0.15, 0.2) is 54.8 Å². The van der Waals surface area contributed by atoms with E-state index >= 15 is 0 Å². The molecule has 34 heavy (non-hydrogen) atoms. The van der Waals surface area contributed by atoms with Crippen molar-refractivity contribution in [1.82, 2.24) is 10.2 Å². The second-order valence-electron chi connectivity index (χ2n) is 7.71. The number of hydrogen-bond donors (Lipinski definition) is 6. The molecule has 0 radical (unpaired) electrons. The van der Waals surface area contributed by atoms with Gasteiger partial charge in [-0.3, -0.25) is 9.59 Å². The Morgan fingerprint density at radius 1 is 1.00 bits per heavy atom. The zero-order chi connectivity index (χ0) is 25.4. The third-order valence-corrected chi connectivity index (χ3v) is 5.11. The van der Waals surface area contributed by atoms with Gasteiger partial charge in [-0.25, -0.2) is 4.79 Å². The summed E-state index contributed by atoms with van der Waals surface area (Å²) < 4.78 is 0. The van der Waals surface area contributed by atoms with Crippen molar-refractivity contribution in [1.29, 1.82) is 0 Å². The fraction of sp³-hybridized carbons (Fsp3) is 0.292. The van der Waals surface area contributed by atoms with Crippen molar-refractivity contribution in [3.63, 3.8) is 0 Å². The number of aliphatic carboxylic acids is 1. The average Bonchev–Trinajstić information content (AvgIpc) is 2.79. The Morgan fingerprint density at radius 3 is 2.09 bits per heavy atom. The molecule has 0 spiro atoms. The number of phenols is 3. The Balaban J connectivity index is 2.61. The first kappa shape index (κ1) is 26.0. The summed E-state index contributed by atoms with van der Waals surface area (Å²) in [4.78, 5) is 39.8. The normalized spacial score (nSPS) is 12.4. The van der Waals surface area contributed by atoms with E-state index in [9.17, 15) is 39.9 Å². The molecule has 0 aliphatic heterocycles. The molecule has 10 heteroatoms. The SMILES string of the molecule is C=C(O)CNC(=O)C(CCC)N(C(=O)c1cc(O)c(O)c(O)c1)[C@@H](Cc1ccccc1)C(=O)O. The number of carbonyl (C=O) groups is 3. The third kappa shape index (κ3) is 6.41. The zero-order valence-corrected chi connectivity index (χ0v) is 18.6. The van der Waals surface area contributed by atoms with Gasteiger partial charge < -0.3 is 35.7 Å². The van der Waals surface area contributed by atoms with Gasteiger partial charge in [0, 0.05) is 12.0 Å². The van der Waals surface area contributed by atoms with E-state index in [1.807, 2.05) is 0 Å². The van der Waals surface area contributed by atoms with Crippen LogP contribution in [0.5, 0.6) is 17.2 Å². The second-order valence-corrected chi connectivity index (χ2v) is 7.71. The standard InChI is InChI=1S/C24H28N2O8/c1-3-7-17(22(31)25-13-14(2)27)26(18(24(33)34)10-15-8-5-4-6-9-15)23(32)16-11-19(28)21(30)20(29)12-16/h4-6,8-9,11-12,17-18,27-30H,2-3,7,10,13H2,1H3,(H,25,31)(H,33,34)/t17?,18-/m0/s1. The molecular formula is C24H28N2O8. The molecule has 0 heterocycles. The molecule has 0 saturated carbocycles. The van der Waals surface area contributed by atoms with Crippen molar-refractivity contribution >= 4 is 17.8 Å². The van der Waals surface area contributed by atoms with Crippen LogP contribution in [0.1, 0.15) is 35.7 Å². The Labute approximate surface area is 196 Å². The number of carbonyl (C=O) groups excluding carboxylic acids is 2. The largest absolute Gasteiger partial charge is 0.511 e. The fourth-order valence-electron chi connectivity index (χ4n) is 3.50. The van der Waals surface area contributed by atoms with Crippen molar-refractivity contribution in [2.45, 2.75) is 38.3 Å². The van der Waals surface area contributed by atoms with Gasteiger partial charge in [0.1, 0.15) is 17.8 Å². The Morgan fingerprint density at radius 2 is 1.59 bits per heavy atom. The van der Waals surface area contributed by atoms with Gasteiger partial charge in [0.25, 0.3) is 5.91 Å². The fourth-order valence-corrected chi connectivity index (χ4v) is 3.50. The number of carboxylic acid groups (broad SMARTS) is 1. The monoisotopic (exact) mass is 472 g/mol. The number of benzene rings is 2. The van der Waals surface area contributed by atoms with Gasteiger partial charge in [-0.15, -0.1) is 0 Å². The maximum absolute atomic E-state index is 13.6. The van der Waals surface area contributed by atoms with Crippen LogP contribution in [-0.2, 0) is 16.0 Å². The maximum atomic E-state index is 13.6. The molecule has 0 fully saturated rings. The van der Waals surface area contributed by atoms with E-state index in [2.05, 4.69) is 11.9 Å². The Kier molecular flexibility index (Phi) is 8.88. The molecule has 182 valence electrons. The van der Waals surface area contributed by atoms with Crippen LogP contribution >= 0.6 is 0 Å². The second kappa shape index (κ2) is 11.6. The molecule has 1 unspecified atom stereocenters. The molecule has 2 amide bonds. The molecule has 2 aromatic rings. The molecule has 2 aromatic carbocycles. The quantitative estimate of drug-likeness (QED) is 0.214. The first-order valence-electron chi connectivity index (χ1n) is 10.6. The van der Waals surface area contributed by atoms with Crippen molar-refractivity contribution < 1.29 is 39.9 Å². The van der Waals surface area contributed by atoms with E-state index in [-0.39, 0.29) is 30.7 Å². The number of nitrogens with one attached hydrogen (secondary N) is 1. The smallest absolute Gasteiger partial charge is 0.326 e. The summed E-state index contributed by atoms with van der Waals surface area (Å²) in [6, 6.07) is 7.53. The number of aliphatic hydroxyl groups excluding tert-OH is 1. The lowest BCUT2D eigenvalue weighted by Crippen LogP contribution is -2.57. The van der Waals surface area contributed by atoms with Crippen LogP contribution in [0.25, 0.3) is 0 Å². The van der Waals surface area contributed by atoms with Gasteiger partial charge in [-0.2, -0.15) is 0 Å². The highest BCUT2D eigenvalue weighted by molar-refractivity contribution is 6.00. The highest BCUT2D eigenvalue weighted by Crippen LogP contribution is 2.36. The lowest BCUT2D eigenvalue weighted by Gasteiger charge is -2.35. The molecule has 0 bridgehead atoms. The summed E-state index contributed by atoms with van der Waals surface area (Å²) in [6.45, 7) is 4.75. The van der Waals surface area contributed by atoms with Gasteiger partial charge in [-0.1, -0.05) is 50.3 Å². The van der Waals surface area contributed by atoms with Gasteiger partial charge >= 0.3 is 5.97 Å². The minimum absolute atomic E-state index is 0.0874. The zero-order valence-electron chi connectivity index (χ0n) is 18.6. The van der Waals surface area contributed by atoms with Crippen LogP contribution in [0.3, 0.4) is 0 Å². The van der Waals surface area contributed by atoms with Crippen molar-refractivity contribution in [3.05, 3.63) is 65.9 Å². The Hall–Kier alpha value is -4.21. The van der Waals surface area contributed by atoms with Gasteiger partial charge in [0.15, 0.2) is 17.2 Å². The first-order chi connectivity index (χ1) is 16.1. The molecule has 6 N–H and O–H groups in total. The number of aromatic hydroxyl groups is 3. The number of phenolic OH excluding ortho intramolecular Hbond substituents is 3. The first-order valence-corrected chi connectivity index (χ1v) is 10.6. The van der Waals surface area contributed by atoms with Crippen LogP contribution in [0, 0.1) is 0 Å². The van der Waals surface area contributed by atoms with Gasteiger partial charge in [0.05, 0.1) is 6.54 Å². The number of aliphatic hydroxyl groups is 1. The van der Waals surface area contributed by atoms with E-state index in [0.717, 1.165) is 17.0 Å². The number of hydrogen-bond acceptors (Lipinski definition) is 7. The number of rotatable bonds is 11. The predicted molar refractivity (Wildman–Crippen MR) is 123 cm³/mol. The summed E-state index contributed by atoms with van der Waals surface area (Å²) in [6.07, 6.45) is 0.369. The van der Waals surface area contributed by atoms with E-state index in [1.54, 1.807) is 37.3 Å². The highest BCUT2D eigenvalue weighted by atomic mass is 16.4. The predicted octanol–water partition coefficient (Wildman–Crippen LogP) is 2.30. The van der Waals surface area contributed by atoms with E-state index < -0.39 is 47.1 Å². The van der Waals surface area contributed by atoms with Crippen LogP contribution in [0.4, 0.5) is 0 Å². The molecule has 0 aliphatic rings. The van der Waals surface area contributed by atoms with E-state index in [4.69, 9.17) is 0 Å². The highest BCUT2D eigenvalue weighted by Gasteiger charge is 2.39. The number of amides is 2. The number of nitrogens with zero attached hydrogens (tertiary/aromatic N) is 1. The molecule has 0 aromatic heterocycles. The molecular weight excluding hydrogens is 444 g/mol. The summed E-state index contributed by atoms with van der Waals surface area (Å²) in [5.74, 6) is -5.77. The van der Waals surface area contributed by atoms with Crippen LogP contribution in [0.2, 0.25) is 0 Å². The van der Waals surface area contributed by atoms with Crippen molar-refractivity contribution in [3.8, 4) is 17.2 Å². The maximum Gasteiger partial charge on any atom is 0.326 e. The lowest BCUT2D eigenvalue weighted by atomic mass is 9.98. The molecule has 0 saturated heterocycles. The topological polar surface area (TPSA) is 168 Å². The minimum Gasteiger partial charge on any atom is -0.511 e. The Bertz CT molecular complexity index is 1030. The van der Waals surface area contributed by atoms with Gasteiger partial charge in [-0.05, 0) is 24.1 Å².